The number of unbranched alkanes of at least 4 members (excludes halogenated alkanes) is 4. The number of carbonyl (C=O) groups excluding carboxylic acids is 1. The number of hydrogen-bond acceptors (Lipinski definition) is 2. The fourth-order valence-electron chi connectivity index (χ4n) is 2.47. The molecule has 0 bridgehead atoms. The van der Waals surface area contributed by atoms with Crippen molar-refractivity contribution in [2.24, 2.45) is 0 Å². The highest BCUT2D eigenvalue weighted by molar-refractivity contribution is 6.31. The summed E-state index contributed by atoms with van der Waals surface area (Å²) in [6, 6.07) is 12.7. The molecule has 2 aromatic carbocycles. The lowest BCUT2D eigenvalue weighted by atomic mass is 10.1. The van der Waals surface area contributed by atoms with Crippen molar-refractivity contribution >= 4 is 23.2 Å². The Morgan fingerprint density at radius 3 is 2.44 bits per heavy atom. The minimum atomic E-state index is -0.161. The highest BCUT2D eigenvalue weighted by Gasteiger charge is 2.07. The van der Waals surface area contributed by atoms with Crippen molar-refractivity contribution in [1.29, 1.82) is 0 Å². The summed E-state index contributed by atoms with van der Waals surface area (Å²) in [4.78, 5) is 12.3. The molecular weight excluding hydrogens is 334 g/mol. The van der Waals surface area contributed by atoms with Gasteiger partial charge in [-0.2, -0.15) is 0 Å². The highest BCUT2D eigenvalue weighted by Crippen LogP contribution is 2.21. The van der Waals surface area contributed by atoms with Crippen LogP contribution in [0.4, 0.5) is 5.69 Å². The van der Waals surface area contributed by atoms with Crippen LogP contribution in [0, 0.1) is 6.92 Å². The number of amides is 1. The maximum atomic E-state index is 12.3. The molecule has 1 amide bonds. The highest BCUT2D eigenvalue weighted by atomic mass is 35.5. The number of hydrogen-bond donors (Lipinski definition) is 1. The molecular formula is C21H26ClNO2. The van der Waals surface area contributed by atoms with E-state index in [1.165, 1.54) is 25.7 Å². The molecule has 0 heterocycles. The number of anilines is 1. The third kappa shape index (κ3) is 6.43. The fourth-order valence-corrected chi connectivity index (χ4v) is 2.65. The summed E-state index contributed by atoms with van der Waals surface area (Å²) in [5.74, 6) is 0.636. The lowest BCUT2D eigenvalue weighted by Crippen LogP contribution is -2.11. The number of benzene rings is 2. The minimum Gasteiger partial charge on any atom is -0.494 e. The molecule has 0 aliphatic rings. The van der Waals surface area contributed by atoms with E-state index in [1.54, 1.807) is 18.2 Å². The van der Waals surface area contributed by atoms with Crippen molar-refractivity contribution in [3.63, 3.8) is 0 Å². The smallest absolute Gasteiger partial charge is 0.255 e. The molecule has 0 fully saturated rings. The molecule has 0 spiro atoms. The molecule has 0 saturated heterocycles. The van der Waals surface area contributed by atoms with Crippen molar-refractivity contribution < 1.29 is 9.53 Å². The standard InChI is InChI=1S/C21H26ClNO2/c1-3-4-5-6-7-14-25-19-12-9-17(10-13-19)21(24)23-18-11-8-16(2)20(22)15-18/h8-13,15H,3-7,14H2,1-2H3,(H,23,24). The van der Waals surface area contributed by atoms with Crippen LogP contribution in [0.3, 0.4) is 0 Å². The Labute approximate surface area is 155 Å². The monoisotopic (exact) mass is 359 g/mol. The third-order valence-corrected chi connectivity index (χ3v) is 4.47. The van der Waals surface area contributed by atoms with Crippen LogP contribution in [0.5, 0.6) is 5.75 Å². The number of ether oxygens (including phenoxy) is 1. The Kier molecular flexibility index (Phi) is 7.80. The number of carbonyl (C=O) groups is 1. The zero-order valence-electron chi connectivity index (χ0n) is 15.0. The zero-order chi connectivity index (χ0) is 18.1. The molecule has 3 nitrogen and oxygen atoms in total. The average Bonchev–Trinajstić information content (AvgIpc) is 2.61. The van der Waals surface area contributed by atoms with Gasteiger partial charge in [0.15, 0.2) is 0 Å². The molecule has 0 saturated carbocycles. The number of rotatable bonds is 9. The van der Waals surface area contributed by atoms with E-state index >= 15 is 0 Å². The van der Waals surface area contributed by atoms with Gasteiger partial charge in [0.25, 0.3) is 5.91 Å². The predicted molar refractivity (Wildman–Crippen MR) is 105 cm³/mol. The van der Waals surface area contributed by atoms with Gasteiger partial charge < -0.3 is 10.1 Å². The van der Waals surface area contributed by atoms with Gasteiger partial charge in [0.2, 0.25) is 0 Å². The van der Waals surface area contributed by atoms with E-state index < -0.39 is 0 Å². The second kappa shape index (κ2) is 10.1. The van der Waals surface area contributed by atoms with E-state index in [-0.39, 0.29) is 5.91 Å². The zero-order valence-corrected chi connectivity index (χ0v) is 15.7. The summed E-state index contributed by atoms with van der Waals surface area (Å²) < 4.78 is 5.72. The van der Waals surface area contributed by atoms with E-state index in [1.807, 2.05) is 31.2 Å². The molecule has 0 atom stereocenters. The number of halogens is 1. The first kappa shape index (κ1) is 19.3. The van der Waals surface area contributed by atoms with E-state index in [9.17, 15) is 4.79 Å². The van der Waals surface area contributed by atoms with Gasteiger partial charge in [-0.3, -0.25) is 4.79 Å². The number of aryl methyl sites for hydroxylation is 1. The summed E-state index contributed by atoms with van der Waals surface area (Å²) in [5, 5.41) is 3.49. The summed E-state index contributed by atoms with van der Waals surface area (Å²) >= 11 is 6.08. The Hall–Kier alpha value is -2.00. The van der Waals surface area contributed by atoms with Crippen LogP contribution >= 0.6 is 11.6 Å². The molecule has 2 aromatic rings. The Morgan fingerprint density at radius 1 is 1.04 bits per heavy atom. The van der Waals surface area contributed by atoms with Crippen LogP contribution in [-0.2, 0) is 0 Å². The maximum Gasteiger partial charge on any atom is 0.255 e. The molecule has 0 aliphatic heterocycles. The summed E-state index contributed by atoms with van der Waals surface area (Å²) in [7, 11) is 0. The lowest BCUT2D eigenvalue weighted by Gasteiger charge is -2.09. The third-order valence-electron chi connectivity index (χ3n) is 4.06. The van der Waals surface area contributed by atoms with Crippen molar-refractivity contribution in [2.45, 2.75) is 46.0 Å². The van der Waals surface area contributed by atoms with Gasteiger partial charge in [-0.25, -0.2) is 0 Å². The topological polar surface area (TPSA) is 38.3 Å². The molecule has 2 rings (SSSR count). The Morgan fingerprint density at radius 2 is 1.76 bits per heavy atom. The first-order valence-corrected chi connectivity index (χ1v) is 9.28. The molecule has 134 valence electrons. The van der Waals surface area contributed by atoms with Crippen molar-refractivity contribution in [2.75, 3.05) is 11.9 Å². The molecule has 0 aromatic heterocycles. The van der Waals surface area contributed by atoms with Gasteiger partial charge in [0.05, 0.1) is 6.61 Å². The normalized spacial score (nSPS) is 10.5. The van der Waals surface area contributed by atoms with Gasteiger partial charge in [0, 0.05) is 16.3 Å². The molecule has 25 heavy (non-hydrogen) atoms. The summed E-state index contributed by atoms with van der Waals surface area (Å²) in [5.41, 5.74) is 2.26. The van der Waals surface area contributed by atoms with Gasteiger partial charge in [-0.1, -0.05) is 50.3 Å². The lowest BCUT2D eigenvalue weighted by molar-refractivity contribution is 0.102. The Balaban J connectivity index is 1.82. The van der Waals surface area contributed by atoms with Crippen LogP contribution in [0.25, 0.3) is 0 Å². The van der Waals surface area contributed by atoms with Gasteiger partial charge >= 0.3 is 0 Å². The van der Waals surface area contributed by atoms with Crippen LogP contribution < -0.4 is 10.1 Å². The second-order valence-electron chi connectivity index (χ2n) is 6.21. The van der Waals surface area contributed by atoms with Crippen LogP contribution in [0.1, 0.15) is 54.9 Å². The fraction of sp³-hybridized carbons (Fsp3) is 0.381. The van der Waals surface area contributed by atoms with E-state index in [4.69, 9.17) is 16.3 Å². The SMILES string of the molecule is CCCCCCCOc1ccc(C(=O)Nc2ccc(C)c(Cl)c2)cc1. The molecule has 1 N–H and O–H groups in total. The van der Waals surface area contributed by atoms with Crippen LogP contribution in [0.15, 0.2) is 42.5 Å². The Bertz CT molecular complexity index is 683. The minimum absolute atomic E-state index is 0.161. The van der Waals surface area contributed by atoms with Gasteiger partial charge in [0.1, 0.15) is 5.75 Å². The first-order valence-electron chi connectivity index (χ1n) is 8.90. The van der Waals surface area contributed by atoms with Crippen molar-refractivity contribution in [3.8, 4) is 5.75 Å². The van der Waals surface area contributed by atoms with E-state index in [0.717, 1.165) is 24.3 Å². The van der Waals surface area contributed by atoms with E-state index in [0.29, 0.717) is 16.3 Å². The largest absolute Gasteiger partial charge is 0.494 e. The second-order valence-corrected chi connectivity index (χ2v) is 6.61. The van der Waals surface area contributed by atoms with Crippen LogP contribution in [-0.4, -0.2) is 12.5 Å². The molecule has 0 unspecified atom stereocenters. The summed E-state index contributed by atoms with van der Waals surface area (Å²) in [6.07, 6.45) is 6.07. The first-order chi connectivity index (χ1) is 12.1. The maximum absolute atomic E-state index is 12.3. The predicted octanol–water partition coefficient (Wildman–Crippen LogP) is 6.25. The quantitative estimate of drug-likeness (QED) is 0.537. The van der Waals surface area contributed by atoms with E-state index in [2.05, 4.69) is 12.2 Å². The molecule has 0 aliphatic carbocycles. The van der Waals surface area contributed by atoms with Crippen LogP contribution in [0.2, 0.25) is 5.02 Å². The molecule has 4 heteroatoms. The van der Waals surface area contributed by atoms with Crippen molar-refractivity contribution in [1.82, 2.24) is 0 Å². The van der Waals surface area contributed by atoms with Gasteiger partial charge in [-0.05, 0) is 55.3 Å². The number of nitrogens with one attached hydrogen (secondary N) is 1. The van der Waals surface area contributed by atoms with Crippen molar-refractivity contribution in [3.05, 3.63) is 58.6 Å². The summed E-state index contributed by atoms with van der Waals surface area (Å²) in [6.45, 7) is 4.86. The molecule has 0 radical (unpaired) electrons. The average molecular weight is 360 g/mol. The van der Waals surface area contributed by atoms with Gasteiger partial charge in [-0.15, -0.1) is 0 Å².